The summed E-state index contributed by atoms with van der Waals surface area (Å²) >= 11 is 3.29. The second kappa shape index (κ2) is 7.56. The first kappa shape index (κ1) is 16.0. The minimum absolute atomic E-state index is 0.0000958. The number of H-pyrrole nitrogens is 1. The predicted octanol–water partition coefficient (Wildman–Crippen LogP) is 2.20. The van der Waals surface area contributed by atoms with E-state index in [9.17, 15) is 14.4 Å². The van der Waals surface area contributed by atoms with Crippen molar-refractivity contribution in [1.29, 1.82) is 0 Å². The average molecular weight is 364 g/mol. The van der Waals surface area contributed by atoms with Crippen LogP contribution in [0.5, 0.6) is 0 Å². The summed E-state index contributed by atoms with van der Waals surface area (Å²) in [5.74, 6) is -0.999. The molecule has 3 N–H and O–H groups in total. The van der Waals surface area contributed by atoms with Crippen LogP contribution in [0.15, 0.2) is 47.1 Å². The van der Waals surface area contributed by atoms with E-state index in [1.54, 1.807) is 42.6 Å². The van der Waals surface area contributed by atoms with Gasteiger partial charge in [-0.15, -0.1) is 0 Å². The lowest BCUT2D eigenvalue weighted by Crippen LogP contribution is -2.41. The summed E-state index contributed by atoms with van der Waals surface area (Å²) in [6.07, 6.45) is 1.68. The van der Waals surface area contributed by atoms with Crippen molar-refractivity contribution in [3.8, 4) is 0 Å². The molecule has 7 heteroatoms. The van der Waals surface area contributed by atoms with Crippen LogP contribution in [0, 0.1) is 0 Å². The highest BCUT2D eigenvalue weighted by Gasteiger charge is 2.11. The predicted molar refractivity (Wildman–Crippen MR) is 84.1 cm³/mol. The maximum Gasteiger partial charge on any atom is 0.286 e. The third-order valence-electron chi connectivity index (χ3n) is 2.90. The van der Waals surface area contributed by atoms with Crippen LogP contribution >= 0.6 is 15.9 Å². The van der Waals surface area contributed by atoms with E-state index in [0.29, 0.717) is 11.3 Å². The Balaban J connectivity index is 1.74. The van der Waals surface area contributed by atoms with Crippen LogP contribution in [0.25, 0.3) is 0 Å². The zero-order valence-corrected chi connectivity index (χ0v) is 13.1. The SMILES string of the molecule is O=C(CCC(=O)c1ccc(Br)cc1)NNC(=O)c1ccc[nH]1. The van der Waals surface area contributed by atoms with Gasteiger partial charge in [0.2, 0.25) is 5.91 Å². The molecule has 1 aromatic carbocycles. The summed E-state index contributed by atoms with van der Waals surface area (Å²) in [6.45, 7) is 0. The van der Waals surface area contributed by atoms with Crippen LogP contribution in [0.1, 0.15) is 33.7 Å². The molecule has 114 valence electrons. The van der Waals surface area contributed by atoms with Crippen LogP contribution in [0.3, 0.4) is 0 Å². The van der Waals surface area contributed by atoms with Crippen molar-refractivity contribution in [2.45, 2.75) is 12.8 Å². The molecule has 0 atom stereocenters. The van der Waals surface area contributed by atoms with Gasteiger partial charge in [-0.2, -0.15) is 0 Å². The fraction of sp³-hybridized carbons (Fsp3) is 0.133. The molecular formula is C15H14BrN3O3. The Kier molecular flexibility index (Phi) is 5.48. The van der Waals surface area contributed by atoms with E-state index in [1.807, 2.05) is 0 Å². The number of amides is 2. The van der Waals surface area contributed by atoms with E-state index in [-0.39, 0.29) is 18.6 Å². The molecule has 0 aliphatic rings. The molecule has 22 heavy (non-hydrogen) atoms. The topological polar surface area (TPSA) is 91.1 Å². The van der Waals surface area contributed by atoms with E-state index in [1.165, 1.54) is 0 Å². The average Bonchev–Trinajstić information content (AvgIpc) is 3.05. The molecule has 2 aromatic rings. The largest absolute Gasteiger partial charge is 0.357 e. The van der Waals surface area contributed by atoms with Gasteiger partial charge in [0.15, 0.2) is 5.78 Å². The molecule has 0 aliphatic heterocycles. The number of Topliss-reactive ketones (excluding diaryl/α,β-unsaturated/α-hetero) is 1. The van der Waals surface area contributed by atoms with E-state index >= 15 is 0 Å². The first-order chi connectivity index (χ1) is 10.6. The number of hydrogen-bond donors (Lipinski definition) is 3. The Hall–Kier alpha value is -2.41. The van der Waals surface area contributed by atoms with Crippen molar-refractivity contribution >= 4 is 33.5 Å². The monoisotopic (exact) mass is 363 g/mol. The number of hydrazine groups is 1. The molecule has 0 bridgehead atoms. The van der Waals surface area contributed by atoms with E-state index < -0.39 is 11.8 Å². The molecule has 0 saturated carbocycles. The molecule has 0 fully saturated rings. The molecule has 0 radical (unpaired) electrons. The van der Waals surface area contributed by atoms with Gasteiger partial charge in [-0.3, -0.25) is 25.2 Å². The van der Waals surface area contributed by atoms with Gasteiger partial charge in [-0.25, -0.2) is 0 Å². The molecule has 0 aliphatic carbocycles. The van der Waals surface area contributed by atoms with Gasteiger partial charge < -0.3 is 4.98 Å². The van der Waals surface area contributed by atoms with Gasteiger partial charge in [0.25, 0.3) is 5.91 Å². The highest BCUT2D eigenvalue weighted by Crippen LogP contribution is 2.12. The van der Waals surface area contributed by atoms with Crippen LogP contribution in [-0.2, 0) is 4.79 Å². The fourth-order valence-electron chi connectivity index (χ4n) is 1.74. The Morgan fingerprint density at radius 3 is 2.36 bits per heavy atom. The molecule has 1 aromatic heterocycles. The lowest BCUT2D eigenvalue weighted by atomic mass is 10.1. The zero-order valence-electron chi connectivity index (χ0n) is 11.6. The van der Waals surface area contributed by atoms with Gasteiger partial charge in [0.05, 0.1) is 0 Å². The summed E-state index contributed by atoms with van der Waals surface area (Å²) in [7, 11) is 0. The van der Waals surface area contributed by atoms with Gasteiger partial charge in [0.1, 0.15) is 5.69 Å². The number of halogens is 1. The number of aromatic amines is 1. The quantitative estimate of drug-likeness (QED) is 0.561. The summed E-state index contributed by atoms with van der Waals surface area (Å²) in [5.41, 5.74) is 5.42. The smallest absolute Gasteiger partial charge is 0.286 e. The van der Waals surface area contributed by atoms with Gasteiger partial charge in [-0.05, 0) is 24.3 Å². The summed E-state index contributed by atoms with van der Waals surface area (Å²) in [5, 5.41) is 0. The van der Waals surface area contributed by atoms with Crippen molar-refractivity contribution in [2.75, 3.05) is 0 Å². The maximum absolute atomic E-state index is 11.9. The van der Waals surface area contributed by atoms with Gasteiger partial charge >= 0.3 is 0 Å². The molecule has 0 spiro atoms. The molecule has 6 nitrogen and oxygen atoms in total. The normalized spacial score (nSPS) is 10.0. The zero-order chi connectivity index (χ0) is 15.9. The summed E-state index contributed by atoms with van der Waals surface area (Å²) < 4.78 is 0.883. The number of hydrogen-bond acceptors (Lipinski definition) is 3. The highest BCUT2D eigenvalue weighted by molar-refractivity contribution is 9.10. The fourth-order valence-corrected chi connectivity index (χ4v) is 2.00. The molecular weight excluding hydrogens is 350 g/mol. The van der Waals surface area contributed by atoms with Crippen molar-refractivity contribution in [3.63, 3.8) is 0 Å². The molecule has 0 unspecified atom stereocenters. The van der Waals surface area contributed by atoms with Crippen molar-refractivity contribution in [1.82, 2.24) is 15.8 Å². The Morgan fingerprint density at radius 2 is 1.73 bits per heavy atom. The third-order valence-corrected chi connectivity index (χ3v) is 3.43. The lowest BCUT2D eigenvalue weighted by molar-refractivity contribution is -0.121. The standard InChI is InChI=1S/C15H14BrN3O3/c16-11-5-3-10(4-6-11)13(20)7-8-14(21)18-19-15(22)12-2-1-9-17-12/h1-6,9,17H,7-8H2,(H,18,21)(H,19,22). The second-order valence-corrected chi connectivity index (χ2v) is 5.43. The van der Waals surface area contributed by atoms with Gasteiger partial charge in [0, 0.05) is 29.1 Å². The molecule has 1 heterocycles. The number of ketones is 1. The Bertz CT molecular complexity index is 666. The van der Waals surface area contributed by atoms with E-state index in [0.717, 1.165) is 4.47 Å². The molecule has 0 saturated heterocycles. The lowest BCUT2D eigenvalue weighted by Gasteiger charge is -2.06. The number of aromatic nitrogens is 1. The maximum atomic E-state index is 11.9. The number of carbonyl (C=O) groups is 3. The first-order valence-corrected chi connectivity index (χ1v) is 7.37. The van der Waals surface area contributed by atoms with Crippen molar-refractivity contribution in [2.24, 2.45) is 0 Å². The van der Waals surface area contributed by atoms with Crippen molar-refractivity contribution in [3.05, 3.63) is 58.3 Å². The summed E-state index contributed by atoms with van der Waals surface area (Å²) in [4.78, 5) is 37.8. The van der Waals surface area contributed by atoms with Crippen LogP contribution in [0.4, 0.5) is 0 Å². The van der Waals surface area contributed by atoms with Gasteiger partial charge in [-0.1, -0.05) is 28.1 Å². The molecule has 2 amide bonds. The minimum Gasteiger partial charge on any atom is -0.357 e. The van der Waals surface area contributed by atoms with E-state index in [4.69, 9.17) is 0 Å². The van der Waals surface area contributed by atoms with Crippen LogP contribution in [0.2, 0.25) is 0 Å². The number of rotatable bonds is 5. The Labute approximate surface area is 135 Å². The minimum atomic E-state index is -0.447. The number of carbonyl (C=O) groups excluding carboxylic acids is 3. The van der Waals surface area contributed by atoms with E-state index in [2.05, 4.69) is 31.8 Å². The van der Waals surface area contributed by atoms with Crippen LogP contribution in [-0.4, -0.2) is 22.6 Å². The Morgan fingerprint density at radius 1 is 1.00 bits per heavy atom. The van der Waals surface area contributed by atoms with Crippen molar-refractivity contribution < 1.29 is 14.4 Å². The summed E-state index contributed by atoms with van der Waals surface area (Å²) in [6, 6.07) is 10.2. The number of benzene rings is 1. The number of nitrogens with one attached hydrogen (secondary N) is 3. The highest BCUT2D eigenvalue weighted by atomic mass is 79.9. The van der Waals surface area contributed by atoms with Crippen LogP contribution < -0.4 is 10.9 Å². The first-order valence-electron chi connectivity index (χ1n) is 6.57. The molecule has 2 rings (SSSR count). The second-order valence-electron chi connectivity index (χ2n) is 4.52. The third kappa shape index (κ3) is 4.56.